The maximum absolute atomic E-state index is 6.05. The molecule has 0 bridgehead atoms. The summed E-state index contributed by atoms with van der Waals surface area (Å²) in [7, 11) is 0. The van der Waals surface area contributed by atoms with Gasteiger partial charge in [-0.3, -0.25) is 4.90 Å². The summed E-state index contributed by atoms with van der Waals surface area (Å²) in [5, 5.41) is 5.14. The van der Waals surface area contributed by atoms with Crippen molar-refractivity contribution in [3.63, 3.8) is 0 Å². The number of benzene rings is 1. The molecule has 0 aromatic heterocycles. The molecule has 160 valence electrons. The molecule has 1 heterocycles. The van der Waals surface area contributed by atoms with Crippen LogP contribution in [0.15, 0.2) is 35.9 Å². The first-order valence-corrected chi connectivity index (χ1v) is 11.7. The Bertz CT molecular complexity index is 659. The minimum Gasteiger partial charge on any atom is -0.379 e. The molecule has 0 saturated carbocycles. The van der Waals surface area contributed by atoms with Gasteiger partial charge in [-0.15, -0.1) is 0 Å². The SMILES string of the molecule is S=C(NCCC1=CCCCC1)N(CCCN1CCOCC1)Cc1ccc(Cl)cc1. The van der Waals surface area contributed by atoms with Crippen LogP contribution >= 0.6 is 23.8 Å². The molecule has 0 atom stereocenters. The molecule has 0 unspecified atom stereocenters. The normalized spacial score (nSPS) is 17.6. The zero-order valence-corrected chi connectivity index (χ0v) is 18.9. The van der Waals surface area contributed by atoms with Gasteiger partial charge in [0.15, 0.2) is 5.11 Å². The first-order chi connectivity index (χ1) is 14.2. The average Bonchev–Trinajstić information content (AvgIpc) is 2.76. The Balaban J connectivity index is 1.49. The zero-order chi connectivity index (χ0) is 20.3. The van der Waals surface area contributed by atoms with Crippen molar-refractivity contribution >= 4 is 28.9 Å². The predicted molar refractivity (Wildman–Crippen MR) is 126 cm³/mol. The highest BCUT2D eigenvalue weighted by atomic mass is 35.5. The maximum atomic E-state index is 6.05. The van der Waals surface area contributed by atoms with Crippen molar-refractivity contribution in [2.24, 2.45) is 0 Å². The van der Waals surface area contributed by atoms with E-state index in [4.69, 9.17) is 28.6 Å². The second-order valence-corrected chi connectivity index (χ2v) is 8.77. The van der Waals surface area contributed by atoms with E-state index in [9.17, 15) is 0 Å². The van der Waals surface area contributed by atoms with E-state index >= 15 is 0 Å². The van der Waals surface area contributed by atoms with E-state index in [0.717, 1.165) is 75.5 Å². The van der Waals surface area contributed by atoms with Gasteiger partial charge < -0.3 is 15.0 Å². The van der Waals surface area contributed by atoms with Gasteiger partial charge in [0, 0.05) is 44.3 Å². The van der Waals surface area contributed by atoms with Crippen molar-refractivity contribution in [2.75, 3.05) is 45.9 Å². The average molecular weight is 436 g/mol. The number of allylic oxidation sites excluding steroid dienone is 1. The molecule has 0 amide bonds. The third kappa shape index (κ3) is 8.25. The molecule has 1 saturated heterocycles. The number of hydrogen-bond acceptors (Lipinski definition) is 3. The molecule has 1 aliphatic heterocycles. The van der Waals surface area contributed by atoms with Crippen LogP contribution in [0.4, 0.5) is 0 Å². The molecule has 1 N–H and O–H groups in total. The molecule has 0 radical (unpaired) electrons. The first kappa shape index (κ1) is 22.5. The van der Waals surface area contributed by atoms with Crippen LogP contribution in [-0.4, -0.2) is 60.8 Å². The number of nitrogens with one attached hydrogen (secondary N) is 1. The third-order valence-electron chi connectivity index (χ3n) is 5.69. The van der Waals surface area contributed by atoms with E-state index in [2.05, 4.69) is 33.3 Å². The summed E-state index contributed by atoms with van der Waals surface area (Å²) in [5.41, 5.74) is 2.82. The molecule has 0 spiro atoms. The van der Waals surface area contributed by atoms with Crippen molar-refractivity contribution in [2.45, 2.75) is 45.1 Å². The van der Waals surface area contributed by atoms with Gasteiger partial charge in [-0.1, -0.05) is 35.4 Å². The molecule has 1 aromatic rings. The molecule has 4 nitrogen and oxygen atoms in total. The van der Waals surface area contributed by atoms with Gasteiger partial charge in [0.25, 0.3) is 0 Å². The van der Waals surface area contributed by atoms with Crippen LogP contribution < -0.4 is 5.32 Å². The Morgan fingerprint density at radius 2 is 1.97 bits per heavy atom. The standard InChI is InChI=1S/C23H34ClN3OS/c24-22-9-7-21(8-10-22)19-27(14-4-13-26-15-17-28-18-16-26)23(29)25-12-11-20-5-2-1-3-6-20/h5,7-10H,1-4,6,11-19H2,(H,25,29). The van der Waals surface area contributed by atoms with Crippen molar-refractivity contribution in [3.05, 3.63) is 46.5 Å². The van der Waals surface area contributed by atoms with Crippen molar-refractivity contribution in [1.82, 2.24) is 15.1 Å². The summed E-state index contributed by atoms with van der Waals surface area (Å²) in [6.07, 6.45) is 9.78. The summed E-state index contributed by atoms with van der Waals surface area (Å²) in [4.78, 5) is 4.78. The van der Waals surface area contributed by atoms with Crippen molar-refractivity contribution < 1.29 is 4.74 Å². The number of rotatable bonds is 9. The smallest absolute Gasteiger partial charge is 0.169 e. The fourth-order valence-corrected chi connectivity index (χ4v) is 4.33. The number of hydrogen-bond donors (Lipinski definition) is 1. The highest BCUT2D eigenvalue weighted by molar-refractivity contribution is 7.80. The summed E-state index contributed by atoms with van der Waals surface area (Å²) < 4.78 is 5.45. The third-order valence-corrected chi connectivity index (χ3v) is 6.34. The van der Waals surface area contributed by atoms with E-state index < -0.39 is 0 Å². The Hall–Kier alpha value is -1.14. The Kier molecular flexibility index (Phi) is 9.74. The number of thiocarbonyl (C=S) groups is 1. The molecule has 1 fully saturated rings. The second-order valence-electron chi connectivity index (χ2n) is 7.95. The van der Waals surface area contributed by atoms with Gasteiger partial charge in [-0.05, 0) is 68.4 Å². The van der Waals surface area contributed by atoms with Gasteiger partial charge in [0.05, 0.1) is 13.2 Å². The van der Waals surface area contributed by atoms with Crippen molar-refractivity contribution in [3.8, 4) is 0 Å². The zero-order valence-electron chi connectivity index (χ0n) is 17.4. The minimum absolute atomic E-state index is 0.772. The summed E-state index contributed by atoms with van der Waals surface area (Å²) in [6.45, 7) is 7.56. The van der Waals surface area contributed by atoms with Crippen LogP contribution in [-0.2, 0) is 11.3 Å². The Morgan fingerprint density at radius 1 is 1.17 bits per heavy atom. The monoisotopic (exact) mass is 435 g/mol. The molecular weight excluding hydrogens is 402 g/mol. The van der Waals surface area contributed by atoms with Crippen molar-refractivity contribution in [1.29, 1.82) is 0 Å². The Labute approximate surface area is 186 Å². The van der Waals surface area contributed by atoms with Gasteiger partial charge in [0.1, 0.15) is 0 Å². The molecule has 6 heteroatoms. The lowest BCUT2D eigenvalue weighted by atomic mass is 9.97. The van der Waals surface area contributed by atoms with Crippen LogP contribution in [0.5, 0.6) is 0 Å². The Morgan fingerprint density at radius 3 is 2.69 bits per heavy atom. The number of nitrogens with zero attached hydrogens (tertiary/aromatic N) is 2. The lowest BCUT2D eigenvalue weighted by Crippen LogP contribution is -2.42. The van der Waals surface area contributed by atoms with Crippen LogP contribution in [0.3, 0.4) is 0 Å². The van der Waals surface area contributed by atoms with Gasteiger partial charge in [0.2, 0.25) is 0 Å². The lowest BCUT2D eigenvalue weighted by molar-refractivity contribution is 0.0367. The number of ether oxygens (including phenoxy) is 1. The fraction of sp³-hybridized carbons (Fsp3) is 0.609. The highest BCUT2D eigenvalue weighted by Crippen LogP contribution is 2.19. The van der Waals surface area contributed by atoms with Crippen LogP contribution in [0, 0.1) is 0 Å². The largest absolute Gasteiger partial charge is 0.379 e. The van der Waals surface area contributed by atoms with E-state index in [1.807, 2.05) is 12.1 Å². The molecular formula is C23H34ClN3OS. The summed E-state index contributed by atoms with van der Waals surface area (Å²) in [5.74, 6) is 0. The van der Waals surface area contributed by atoms with Gasteiger partial charge in [-0.2, -0.15) is 0 Å². The highest BCUT2D eigenvalue weighted by Gasteiger charge is 2.14. The molecule has 1 aromatic carbocycles. The predicted octanol–water partition coefficient (Wildman–Crippen LogP) is 4.63. The molecule has 2 aliphatic rings. The molecule has 3 rings (SSSR count). The quantitative estimate of drug-likeness (QED) is 0.451. The lowest BCUT2D eigenvalue weighted by Gasteiger charge is -2.30. The molecule has 1 aliphatic carbocycles. The number of morpholine rings is 1. The fourth-order valence-electron chi connectivity index (χ4n) is 3.95. The minimum atomic E-state index is 0.772. The maximum Gasteiger partial charge on any atom is 0.169 e. The van der Waals surface area contributed by atoms with E-state index in [0.29, 0.717) is 0 Å². The topological polar surface area (TPSA) is 27.7 Å². The van der Waals surface area contributed by atoms with Crippen LogP contribution in [0.25, 0.3) is 0 Å². The second kappa shape index (κ2) is 12.5. The summed E-state index contributed by atoms with van der Waals surface area (Å²) in [6, 6.07) is 8.09. The van der Waals surface area contributed by atoms with Crippen LogP contribution in [0.1, 0.15) is 44.1 Å². The van der Waals surface area contributed by atoms with Crippen LogP contribution in [0.2, 0.25) is 5.02 Å². The number of halogens is 1. The van der Waals surface area contributed by atoms with Gasteiger partial charge >= 0.3 is 0 Å². The first-order valence-electron chi connectivity index (χ1n) is 11.0. The molecule has 29 heavy (non-hydrogen) atoms. The van der Waals surface area contributed by atoms with E-state index in [1.54, 1.807) is 5.57 Å². The summed E-state index contributed by atoms with van der Waals surface area (Å²) >= 11 is 11.8. The van der Waals surface area contributed by atoms with Gasteiger partial charge in [-0.25, -0.2) is 0 Å². The van der Waals surface area contributed by atoms with E-state index in [-0.39, 0.29) is 0 Å². The van der Waals surface area contributed by atoms with E-state index in [1.165, 1.54) is 31.2 Å².